The number of rotatable bonds is 5. The van der Waals surface area contributed by atoms with E-state index in [1.54, 1.807) is 0 Å². The molecule has 0 aliphatic carbocycles. The first kappa shape index (κ1) is 11.9. The Bertz CT molecular complexity index is 306. The molecule has 0 aromatic heterocycles. The summed E-state index contributed by atoms with van der Waals surface area (Å²) in [4.78, 5) is 0. The fourth-order valence-corrected chi connectivity index (χ4v) is 2.06. The molecule has 1 fully saturated rings. The largest absolute Gasteiger partial charge is 0.381 e. The predicted octanol–water partition coefficient (Wildman–Crippen LogP) is 2.51. The van der Waals surface area contributed by atoms with E-state index < -0.39 is 0 Å². The van der Waals surface area contributed by atoms with E-state index in [0.29, 0.717) is 5.92 Å². The van der Waals surface area contributed by atoms with Gasteiger partial charge in [0.2, 0.25) is 0 Å². The van der Waals surface area contributed by atoms with Crippen molar-refractivity contribution in [1.29, 1.82) is 0 Å². The van der Waals surface area contributed by atoms with Gasteiger partial charge in [0, 0.05) is 18.2 Å². The van der Waals surface area contributed by atoms with E-state index in [4.69, 9.17) is 16.3 Å². The standard InChI is InChI=1S/C13H18ClNO/c14-13-3-1-11(2-4-13)5-7-15-9-12-6-8-16-10-12/h1-4,12,15H,5-10H2. The Hall–Kier alpha value is -0.570. The summed E-state index contributed by atoms with van der Waals surface area (Å²) >= 11 is 5.83. The normalized spacial score (nSPS) is 20.2. The molecule has 1 aliphatic heterocycles. The van der Waals surface area contributed by atoms with Crippen molar-refractivity contribution in [3.63, 3.8) is 0 Å². The van der Waals surface area contributed by atoms with Crippen molar-refractivity contribution in [1.82, 2.24) is 5.32 Å². The van der Waals surface area contributed by atoms with Crippen LogP contribution in [0.4, 0.5) is 0 Å². The summed E-state index contributed by atoms with van der Waals surface area (Å²) in [6.45, 7) is 3.96. The van der Waals surface area contributed by atoms with Crippen molar-refractivity contribution in [2.45, 2.75) is 12.8 Å². The second kappa shape index (κ2) is 6.24. The molecule has 88 valence electrons. The third-order valence-corrected chi connectivity index (χ3v) is 3.21. The van der Waals surface area contributed by atoms with Crippen molar-refractivity contribution in [3.05, 3.63) is 34.9 Å². The van der Waals surface area contributed by atoms with Gasteiger partial charge in [0.15, 0.2) is 0 Å². The Labute approximate surface area is 102 Å². The molecule has 2 rings (SSSR count). The molecule has 1 saturated heterocycles. The van der Waals surface area contributed by atoms with Gasteiger partial charge < -0.3 is 10.1 Å². The van der Waals surface area contributed by atoms with Gasteiger partial charge >= 0.3 is 0 Å². The molecule has 16 heavy (non-hydrogen) atoms. The Morgan fingerprint density at radius 2 is 2.12 bits per heavy atom. The van der Waals surface area contributed by atoms with Gasteiger partial charge in [-0.2, -0.15) is 0 Å². The Balaban J connectivity index is 1.62. The Morgan fingerprint density at radius 1 is 1.31 bits per heavy atom. The molecule has 1 N–H and O–H groups in total. The van der Waals surface area contributed by atoms with Crippen LogP contribution in [0.1, 0.15) is 12.0 Å². The van der Waals surface area contributed by atoms with E-state index in [-0.39, 0.29) is 0 Å². The fourth-order valence-electron chi connectivity index (χ4n) is 1.93. The molecule has 0 spiro atoms. The summed E-state index contributed by atoms with van der Waals surface area (Å²) in [6.07, 6.45) is 2.26. The highest BCUT2D eigenvalue weighted by atomic mass is 35.5. The first-order valence-corrected chi connectivity index (χ1v) is 6.25. The molecule has 1 aliphatic rings. The minimum atomic E-state index is 0.713. The topological polar surface area (TPSA) is 21.3 Å². The smallest absolute Gasteiger partial charge is 0.0507 e. The molecule has 1 unspecified atom stereocenters. The number of nitrogens with one attached hydrogen (secondary N) is 1. The summed E-state index contributed by atoms with van der Waals surface area (Å²) in [7, 11) is 0. The van der Waals surface area contributed by atoms with Gasteiger partial charge in [-0.05, 0) is 43.0 Å². The van der Waals surface area contributed by atoms with Crippen LogP contribution >= 0.6 is 11.6 Å². The second-order valence-corrected chi connectivity index (χ2v) is 4.75. The summed E-state index contributed by atoms with van der Waals surface area (Å²) in [5.74, 6) is 0.713. The van der Waals surface area contributed by atoms with Crippen LogP contribution < -0.4 is 5.32 Å². The molecule has 1 atom stereocenters. The molecular weight excluding hydrogens is 222 g/mol. The lowest BCUT2D eigenvalue weighted by molar-refractivity contribution is 0.185. The van der Waals surface area contributed by atoms with Gasteiger partial charge in [-0.25, -0.2) is 0 Å². The zero-order chi connectivity index (χ0) is 11.2. The zero-order valence-corrected chi connectivity index (χ0v) is 10.2. The third kappa shape index (κ3) is 3.78. The summed E-state index contributed by atoms with van der Waals surface area (Å²) in [5.41, 5.74) is 1.33. The van der Waals surface area contributed by atoms with Gasteiger partial charge in [-0.3, -0.25) is 0 Å². The van der Waals surface area contributed by atoms with Gasteiger partial charge in [-0.1, -0.05) is 23.7 Å². The van der Waals surface area contributed by atoms with E-state index in [9.17, 15) is 0 Å². The van der Waals surface area contributed by atoms with Crippen LogP contribution in [-0.2, 0) is 11.2 Å². The van der Waals surface area contributed by atoms with Crippen LogP contribution in [0, 0.1) is 5.92 Å². The molecule has 1 aromatic rings. The number of halogens is 1. The number of hydrogen-bond acceptors (Lipinski definition) is 2. The van der Waals surface area contributed by atoms with Crippen LogP contribution in [0.25, 0.3) is 0 Å². The Morgan fingerprint density at radius 3 is 2.81 bits per heavy atom. The highest BCUT2D eigenvalue weighted by Gasteiger charge is 2.14. The average molecular weight is 240 g/mol. The fraction of sp³-hybridized carbons (Fsp3) is 0.538. The molecule has 0 radical (unpaired) electrons. The first-order valence-electron chi connectivity index (χ1n) is 5.87. The van der Waals surface area contributed by atoms with Gasteiger partial charge in [-0.15, -0.1) is 0 Å². The zero-order valence-electron chi connectivity index (χ0n) is 9.42. The Kier molecular flexibility index (Phi) is 4.64. The summed E-state index contributed by atoms with van der Waals surface area (Å²) < 4.78 is 5.33. The quantitative estimate of drug-likeness (QED) is 0.798. The second-order valence-electron chi connectivity index (χ2n) is 4.31. The lowest BCUT2D eigenvalue weighted by atomic mass is 10.1. The van der Waals surface area contributed by atoms with Gasteiger partial charge in [0.05, 0.1) is 6.61 Å². The van der Waals surface area contributed by atoms with Crippen molar-refractivity contribution >= 4 is 11.6 Å². The SMILES string of the molecule is Clc1ccc(CCNCC2CCOC2)cc1. The van der Waals surface area contributed by atoms with Crippen molar-refractivity contribution < 1.29 is 4.74 Å². The molecule has 0 amide bonds. The lowest BCUT2D eigenvalue weighted by Gasteiger charge is -2.09. The average Bonchev–Trinajstić information content (AvgIpc) is 2.80. The van der Waals surface area contributed by atoms with Crippen LogP contribution in [0.2, 0.25) is 5.02 Å². The van der Waals surface area contributed by atoms with Gasteiger partial charge in [0.1, 0.15) is 0 Å². The highest BCUT2D eigenvalue weighted by Crippen LogP contribution is 2.11. The van der Waals surface area contributed by atoms with Crippen molar-refractivity contribution in [2.75, 3.05) is 26.3 Å². The monoisotopic (exact) mass is 239 g/mol. The summed E-state index contributed by atoms with van der Waals surface area (Å²) in [6, 6.07) is 8.06. The van der Waals surface area contributed by atoms with E-state index in [2.05, 4.69) is 17.4 Å². The van der Waals surface area contributed by atoms with E-state index in [0.717, 1.165) is 37.7 Å². The number of benzene rings is 1. The third-order valence-electron chi connectivity index (χ3n) is 2.96. The van der Waals surface area contributed by atoms with E-state index in [1.165, 1.54) is 12.0 Å². The minimum absolute atomic E-state index is 0.713. The maximum absolute atomic E-state index is 5.83. The molecule has 1 aromatic carbocycles. The van der Waals surface area contributed by atoms with Crippen LogP contribution in [0.5, 0.6) is 0 Å². The van der Waals surface area contributed by atoms with Gasteiger partial charge in [0.25, 0.3) is 0 Å². The van der Waals surface area contributed by atoms with E-state index >= 15 is 0 Å². The molecule has 0 bridgehead atoms. The molecule has 0 saturated carbocycles. The number of ether oxygens (including phenoxy) is 1. The maximum Gasteiger partial charge on any atom is 0.0507 e. The van der Waals surface area contributed by atoms with E-state index in [1.807, 2.05) is 12.1 Å². The van der Waals surface area contributed by atoms with Crippen LogP contribution in [0.3, 0.4) is 0 Å². The molecular formula is C13H18ClNO. The minimum Gasteiger partial charge on any atom is -0.381 e. The number of hydrogen-bond donors (Lipinski definition) is 1. The molecule has 1 heterocycles. The lowest BCUT2D eigenvalue weighted by Crippen LogP contribution is -2.25. The predicted molar refractivity (Wildman–Crippen MR) is 67.0 cm³/mol. The molecule has 3 heteroatoms. The maximum atomic E-state index is 5.83. The first-order chi connectivity index (χ1) is 7.84. The van der Waals surface area contributed by atoms with Crippen molar-refractivity contribution in [3.8, 4) is 0 Å². The summed E-state index contributed by atoms with van der Waals surface area (Å²) in [5, 5.41) is 4.28. The van der Waals surface area contributed by atoms with Crippen LogP contribution in [-0.4, -0.2) is 26.3 Å². The van der Waals surface area contributed by atoms with Crippen molar-refractivity contribution in [2.24, 2.45) is 5.92 Å². The highest BCUT2D eigenvalue weighted by molar-refractivity contribution is 6.30. The van der Waals surface area contributed by atoms with Crippen LogP contribution in [0.15, 0.2) is 24.3 Å². The molecule has 2 nitrogen and oxygen atoms in total.